The van der Waals surface area contributed by atoms with E-state index in [2.05, 4.69) is 219 Å². The van der Waals surface area contributed by atoms with Crippen LogP contribution in [0.5, 0.6) is 0 Å². The highest BCUT2D eigenvalue weighted by Crippen LogP contribution is 2.64. The third-order valence-electron chi connectivity index (χ3n) is 13.3. The SMILES string of the molecule is CC1(C)c2ccccc2-c2ccc(N(c3ccc4c(c3)C3(c5ccccc5-c5ccccc53)c3ccc5ccccc5c3-4)c3ccccc3-c3ccccc3)cc21. The Kier molecular flexibility index (Phi) is 6.67. The Balaban J connectivity index is 1.17. The molecule has 9 aromatic rings. The van der Waals surface area contributed by atoms with Gasteiger partial charge in [-0.25, -0.2) is 0 Å². The van der Waals surface area contributed by atoms with Crippen LogP contribution in [0.2, 0.25) is 0 Å². The Morgan fingerprint density at radius 3 is 1.60 bits per heavy atom. The summed E-state index contributed by atoms with van der Waals surface area (Å²) in [4.78, 5) is 2.52. The molecule has 0 aliphatic heterocycles. The van der Waals surface area contributed by atoms with Crippen molar-refractivity contribution in [3.05, 3.63) is 234 Å². The fourth-order valence-corrected chi connectivity index (χ4v) is 10.8. The zero-order valence-corrected chi connectivity index (χ0v) is 32.0. The monoisotopic (exact) mass is 725 g/mol. The van der Waals surface area contributed by atoms with Crippen LogP contribution in [0.1, 0.15) is 47.2 Å². The van der Waals surface area contributed by atoms with Gasteiger partial charge in [-0.1, -0.05) is 184 Å². The van der Waals surface area contributed by atoms with Gasteiger partial charge in [0.2, 0.25) is 0 Å². The minimum Gasteiger partial charge on any atom is -0.310 e. The Bertz CT molecular complexity index is 3070. The molecule has 0 heterocycles. The van der Waals surface area contributed by atoms with Crippen molar-refractivity contribution in [3.63, 3.8) is 0 Å². The number of nitrogens with zero attached hydrogens (tertiary/aromatic N) is 1. The second kappa shape index (κ2) is 11.8. The van der Waals surface area contributed by atoms with Gasteiger partial charge in [-0.05, 0) is 113 Å². The normalized spacial score (nSPS) is 14.4. The number of hydrogen-bond donors (Lipinski definition) is 0. The molecule has 0 bridgehead atoms. The summed E-state index contributed by atoms with van der Waals surface area (Å²) in [6, 6.07) is 75.0. The second-order valence-electron chi connectivity index (χ2n) is 16.4. The van der Waals surface area contributed by atoms with Crippen molar-refractivity contribution in [1.29, 1.82) is 0 Å². The van der Waals surface area contributed by atoms with E-state index in [0.717, 1.165) is 17.1 Å². The molecule has 1 nitrogen and oxygen atoms in total. The molecule has 0 saturated carbocycles. The van der Waals surface area contributed by atoms with Gasteiger partial charge in [0.25, 0.3) is 0 Å². The average molecular weight is 726 g/mol. The van der Waals surface area contributed by atoms with Crippen LogP contribution in [-0.4, -0.2) is 0 Å². The molecular weight excluding hydrogens is 687 g/mol. The van der Waals surface area contributed by atoms with Gasteiger partial charge < -0.3 is 4.90 Å². The number of hydrogen-bond acceptors (Lipinski definition) is 1. The van der Waals surface area contributed by atoms with Gasteiger partial charge in [0.1, 0.15) is 0 Å². The van der Waals surface area contributed by atoms with Crippen LogP contribution in [0.15, 0.2) is 200 Å². The largest absolute Gasteiger partial charge is 0.310 e. The van der Waals surface area contributed by atoms with E-state index in [0.29, 0.717) is 0 Å². The van der Waals surface area contributed by atoms with E-state index in [9.17, 15) is 0 Å². The lowest BCUT2D eigenvalue weighted by Gasteiger charge is -2.33. The van der Waals surface area contributed by atoms with E-state index in [1.54, 1.807) is 0 Å². The van der Waals surface area contributed by atoms with Gasteiger partial charge in [0, 0.05) is 22.4 Å². The smallest absolute Gasteiger partial charge is 0.0726 e. The molecule has 3 aliphatic rings. The first-order valence-electron chi connectivity index (χ1n) is 20.1. The van der Waals surface area contributed by atoms with Crippen molar-refractivity contribution in [1.82, 2.24) is 0 Å². The molecule has 1 heteroatoms. The molecule has 268 valence electrons. The van der Waals surface area contributed by atoms with Crippen molar-refractivity contribution in [2.24, 2.45) is 0 Å². The van der Waals surface area contributed by atoms with E-state index in [4.69, 9.17) is 0 Å². The van der Waals surface area contributed by atoms with E-state index in [-0.39, 0.29) is 5.41 Å². The molecule has 0 saturated heterocycles. The lowest BCUT2D eigenvalue weighted by Crippen LogP contribution is -2.26. The van der Waals surface area contributed by atoms with Crippen LogP contribution < -0.4 is 4.90 Å². The van der Waals surface area contributed by atoms with Crippen LogP contribution >= 0.6 is 0 Å². The summed E-state index contributed by atoms with van der Waals surface area (Å²) in [7, 11) is 0. The number of benzene rings is 9. The summed E-state index contributed by atoms with van der Waals surface area (Å²) in [5, 5.41) is 2.57. The number of rotatable bonds is 4. The van der Waals surface area contributed by atoms with Crippen molar-refractivity contribution in [3.8, 4) is 44.5 Å². The number of para-hydroxylation sites is 1. The van der Waals surface area contributed by atoms with Crippen LogP contribution in [-0.2, 0) is 10.8 Å². The van der Waals surface area contributed by atoms with Gasteiger partial charge in [0.05, 0.1) is 11.1 Å². The highest BCUT2D eigenvalue weighted by atomic mass is 15.1. The molecule has 0 N–H and O–H groups in total. The highest BCUT2D eigenvalue weighted by molar-refractivity contribution is 6.07. The number of anilines is 3. The molecule has 0 radical (unpaired) electrons. The Morgan fingerprint density at radius 1 is 0.351 bits per heavy atom. The molecule has 0 aromatic heterocycles. The summed E-state index contributed by atoms with van der Waals surface area (Å²) >= 11 is 0. The van der Waals surface area contributed by atoms with Crippen molar-refractivity contribution in [2.75, 3.05) is 4.90 Å². The fourth-order valence-electron chi connectivity index (χ4n) is 10.8. The predicted octanol–water partition coefficient (Wildman–Crippen LogP) is 14.6. The van der Waals surface area contributed by atoms with Crippen LogP contribution in [0.4, 0.5) is 17.1 Å². The summed E-state index contributed by atoms with van der Waals surface area (Å²) in [6.45, 7) is 4.75. The zero-order valence-electron chi connectivity index (χ0n) is 32.0. The molecule has 1 spiro atoms. The van der Waals surface area contributed by atoms with E-state index in [1.807, 2.05) is 0 Å². The van der Waals surface area contributed by atoms with Gasteiger partial charge in [0.15, 0.2) is 0 Å². The summed E-state index contributed by atoms with van der Waals surface area (Å²) in [5.41, 5.74) is 21.3. The fraction of sp³-hybridized carbons (Fsp3) is 0.0714. The van der Waals surface area contributed by atoms with E-state index < -0.39 is 5.41 Å². The standard InChI is InChI=1S/C56H39N/c1-55(2)47-24-12-8-21-42(47)45-31-29-38(34-51(45)55)57(53-27-15-11-19-40(53)36-16-4-3-5-17-36)39-30-32-46-52(35-39)56(50-33-28-37-18-6-7-20-41(37)54(46)50)48-25-13-9-22-43(48)44-23-10-14-26-49(44)56/h3-35H,1-2H3. The lowest BCUT2D eigenvalue weighted by atomic mass is 9.70. The quantitative estimate of drug-likeness (QED) is 0.175. The topological polar surface area (TPSA) is 3.24 Å². The van der Waals surface area contributed by atoms with Crippen LogP contribution in [0.3, 0.4) is 0 Å². The maximum Gasteiger partial charge on any atom is 0.0726 e. The molecule has 57 heavy (non-hydrogen) atoms. The zero-order chi connectivity index (χ0) is 37.9. The number of fused-ring (bicyclic) bond motifs is 15. The second-order valence-corrected chi connectivity index (χ2v) is 16.4. The van der Waals surface area contributed by atoms with E-state index in [1.165, 1.54) is 88.7 Å². The van der Waals surface area contributed by atoms with Crippen molar-refractivity contribution < 1.29 is 0 Å². The highest BCUT2D eigenvalue weighted by Gasteiger charge is 2.52. The molecular formula is C56H39N. The first-order chi connectivity index (χ1) is 28.0. The molecule has 0 fully saturated rings. The van der Waals surface area contributed by atoms with Gasteiger partial charge in [-0.2, -0.15) is 0 Å². The first-order valence-corrected chi connectivity index (χ1v) is 20.1. The van der Waals surface area contributed by atoms with E-state index >= 15 is 0 Å². The van der Waals surface area contributed by atoms with Crippen LogP contribution in [0.25, 0.3) is 55.3 Å². The van der Waals surface area contributed by atoms with Gasteiger partial charge >= 0.3 is 0 Å². The minimum absolute atomic E-state index is 0.130. The Hall–Kier alpha value is -6.96. The maximum absolute atomic E-state index is 2.53. The summed E-state index contributed by atoms with van der Waals surface area (Å²) < 4.78 is 0. The first kappa shape index (κ1) is 32.3. The van der Waals surface area contributed by atoms with Crippen LogP contribution in [0, 0.1) is 0 Å². The molecule has 3 aliphatic carbocycles. The minimum atomic E-state index is -0.468. The van der Waals surface area contributed by atoms with Gasteiger partial charge in [-0.3, -0.25) is 0 Å². The third kappa shape index (κ3) is 4.29. The molecule has 0 amide bonds. The maximum atomic E-state index is 2.53. The van der Waals surface area contributed by atoms with Gasteiger partial charge in [-0.15, -0.1) is 0 Å². The molecule has 0 atom stereocenters. The summed E-state index contributed by atoms with van der Waals surface area (Å²) in [5.74, 6) is 0. The average Bonchev–Trinajstić information content (AvgIpc) is 3.83. The molecule has 12 rings (SSSR count). The third-order valence-corrected chi connectivity index (χ3v) is 13.3. The predicted molar refractivity (Wildman–Crippen MR) is 238 cm³/mol. The Morgan fingerprint density at radius 2 is 0.877 bits per heavy atom. The molecule has 0 unspecified atom stereocenters. The Labute approximate surface area is 334 Å². The molecule has 9 aromatic carbocycles. The van der Waals surface area contributed by atoms with Crippen molar-refractivity contribution in [2.45, 2.75) is 24.7 Å². The summed E-state index contributed by atoms with van der Waals surface area (Å²) in [6.07, 6.45) is 0. The van der Waals surface area contributed by atoms with Crippen molar-refractivity contribution >= 4 is 27.8 Å². The lowest BCUT2D eigenvalue weighted by molar-refractivity contribution is 0.660.